The predicted molar refractivity (Wildman–Crippen MR) is 80.2 cm³/mol. The van der Waals surface area contributed by atoms with E-state index < -0.39 is 6.04 Å². The average molecular weight is 325 g/mol. The third kappa shape index (κ3) is 4.94. The van der Waals surface area contributed by atoms with E-state index in [1.54, 1.807) is 4.90 Å². The Morgan fingerprint density at radius 2 is 1.91 bits per heavy atom. The molecule has 0 aromatic carbocycles. The summed E-state index contributed by atoms with van der Waals surface area (Å²) in [6.07, 6.45) is 2.53. The summed E-state index contributed by atoms with van der Waals surface area (Å²) in [7, 11) is 1.30. The zero-order valence-electron chi connectivity index (χ0n) is 13.3. The highest BCUT2D eigenvalue weighted by molar-refractivity contribution is 5.90. The number of methoxy groups -OCH3 is 1. The zero-order chi connectivity index (χ0) is 16.8. The van der Waals surface area contributed by atoms with Crippen molar-refractivity contribution in [2.24, 2.45) is 0 Å². The molecular weight excluding hydrogens is 302 g/mol. The molecule has 2 fully saturated rings. The quantitative estimate of drug-likeness (QED) is 0.652. The van der Waals surface area contributed by atoms with Crippen LogP contribution in [0.5, 0.6) is 0 Å². The molecule has 128 valence electrons. The minimum atomic E-state index is -0.429. The Morgan fingerprint density at radius 1 is 1.22 bits per heavy atom. The van der Waals surface area contributed by atoms with Gasteiger partial charge in [-0.15, -0.1) is 0 Å². The number of carbonyl (C=O) groups excluding carboxylic acids is 4. The fourth-order valence-corrected chi connectivity index (χ4v) is 2.85. The number of hydrogen-bond donors (Lipinski definition) is 2. The highest BCUT2D eigenvalue weighted by Gasteiger charge is 2.30. The fourth-order valence-electron chi connectivity index (χ4n) is 2.85. The summed E-state index contributed by atoms with van der Waals surface area (Å²) in [5.41, 5.74) is 0. The summed E-state index contributed by atoms with van der Waals surface area (Å²) in [5.74, 6) is -0.690. The lowest BCUT2D eigenvalue weighted by molar-refractivity contribution is -0.144. The smallest absolute Gasteiger partial charge is 0.306 e. The maximum absolute atomic E-state index is 12.0. The molecule has 0 radical (unpaired) electrons. The van der Waals surface area contributed by atoms with Gasteiger partial charge in [0, 0.05) is 32.0 Å². The molecule has 0 aromatic heterocycles. The van der Waals surface area contributed by atoms with Crippen LogP contribution in [0, 0.1) is 0 Å². The molecule has 3 amide bonds. The standard InChI is InChI=1S/C15H23N3O5/c1-23-14(21)5-4-13(20)18-8-6-10(7-9-18)16-15(22)11-2-3-12(19)17-11/h10-11H,2-9H2,1H3,(H,16,22)(H,17,19). The van der Waals surface area contributed by atoms with Crippen LogP contribution >= 0.6 is 0 Å². The second-order valence-electron chi connectivity index (χ2n) is 5.90. The van der Waals surface area contributed by atoms with Crippen LogP contribution in [-0.4, -0.2) is 60.9 Å². The minimum absolute atomic E-state index is 0.0182. The second-order valence-corrected chi connectivity index (χ2v) is 5.90. The van der Waals surface area contributed by atoms with Gasteiger partial charge in [-0.25, -0.2) is 0 Å². The number of nitrogens with one attached hydrogen (secondary N) is 2. The molecule has 2 N–H and O–H groups in total. The first-order valence-electron chi connectivity index (χ1n) is 7.94. The SMILES string of the molecule is COC(=O)CCC(=O)N1CCC(NC(=O)C2CCC(=O)N2)CC1. The lowest BCUT2D eigenvalue weighted by Gasteiger charge is -2.33. The maximum atomic E-state index is 12.0. The highest BCUT2D eigenvalue weighted by Crippen LogP contribution is 2.14. The van der Waals surface area contributed by atoms with E-state index >= 15 is 0 Å². The summed E-state index contributed by atoms with van der Waals surface area (Å²) in [6.45, 7) is 1.12. The Morgan fingerprint density at radius 3 is 2.48 bits per heavy atom. The van der Waals surface area contributed by atoms with Gasteiger partial charge in [0.15, 0.2) is 0 Å². The van der Waals surface area contributed by atoms with Gasteiger partial charge in [-0.1, -0.05) is 0 Å². The van der Waals surface area contributed by atoms with Crippen LogP contribution in [0.3, 0.4) is 0 Å². The van der Waals surface area contributed by atoms with Crippen LogP contribution in [0.15, 0.2) is 0 Å². The number of hydrogen-bond acceptors (Lipinski definition) is 5. The zero-order valence-corrected chi connectivity index (χ0v) is 13.3. The van der Waals surface area contributed by atoms with Crippen LogP contribution < -0.4 is 10.6 Å². The summed E-state index contributed by atoms with van der Waals surface area (Å²) >= 11 is 0. The molecular formula is C15H23N3O5. The Bertz CT molecular complexity index is 486. The third-order valence-corrected chi connectivity index (χ3v) is 4.28. The first kappa shape index (κ1) is 17.2. The molecule has 8 heteroatoms. The van der Waals surface area contributed by atoms with Crippen LogP contribution in [0.2, 0.25) is 0 Å². The molecule has 0 aliphatic carbocycles. The van der Waals surface area contributed by atoms with Crippen molar-refractivity contribution in [2.45, 2.75) is 50.6 Å². The number of likely N-dealkylation sites (tertiary alicyclic amines) is 1. The van der Waals surface area contributed by atoms with Gasteiger partial charge in [0.05, 0.1) is 13.5 Å². The number of amides is 3. The summed E-state index contributed by atoms with van der Waals surface area (Å²) in [6, 6.07) is -0.410. The third-order valence-electron chi connectivity index (χ3n) is 4.28. The first-order chi connectivity index (χ1) is 11.0. The molecule has 2 aliphatic rings. The molecule has 0 spiro atoms. The van der Waals surface area contributed by atoms with Crippen molar-refractivity contribution < 1.29 is 23.9 Å². The van der Waals surface area contributed by atoms with E-state index in [-0.39, 0.29) is 42.6 Å². The van der Waals surface area contributed by atoms with Gasteiger partial charge < -0.3 is 20.3 Å². The number of esters is 1. The summed E-state index contributed by atoms with van der Waals surface area (Å²) in [4.78, 5) is 47.9. The number of piperidine rings is 1. The van der Waals surface area contributed by atoms with Gasteiger partial charge in [-0.2, -0.15) is 0 Å². The van der Waals surface area contributed by atoms with E-state index in [1.807, 2.05) is 0 Å². The van der Waals surface area contributed by atoms with Crippen LogP contribution in [0.4, 0.5) is 0 Å². The molecule has 0 aromatic rings. The lowest BCUT2D eigenvalue weighted by Crippen LogP contribution is -2.50. The van der Waals surface area contributed by atoms with Crippen molar-refractivity contribution >= 4 is 23.7 Å². The van der Waals surface area contributed by atoms with Crippen molar-refractivity contribution in [3.05, 3.63) is 0 Å². The molecule has 2 heterocycles. The lowest BCUT2D eigenvalue weighted by atomic mass is 10.0. The van der Waals surface area contributed by atoms with E-state index in [4.69, 9.17) is 0 Å². The number of rotatable bonds is 5. The fraction of sp³-hybridized carbons (Fsp3) is 0.733. The van der Waals surface area contributed by atoms with Crippen LogP contribution in [0.1, 0.15) is 38.5 Å². The van der Waals surface area contributed by atoms with E-state index in [2.05, 4.69) is 15.4 Å². The molecule has 2 rings (SSSR count). The van der Waals surface area contributed by atoms with E-state index in [0.29, 0.717) is 38.8 Å². The van der Waals surface area contributed by atoms with Gasteiger partial charge in [-0.05, 0) is 19.3 Å². The molecule has 0 bridgehead atoms. The molecule has 8 nitrogen and oxygen atoms in total. The molecule has 2 saturated heterocycles. The van der Waals surface area contributed by atoms with Crippen molar-refractivity contribution in [1.29, 1.82) is 0 Å². The average Bonchev–Trinajstić information content (AvgIpc) is 2.99. The number of carbonyl (C=O) groups is 4. The Labute approximate surface area is 134 Å². The van der Waals surface area contributed by atoms with Crippen molar-refractivity contribution in [3.63, 3.8) is 0 Å². The van der Waals surface area contributed by atoms with Crippen molar-refractivity contribution in [1.82, 2.24) is 15.5 Å². The van der Waals surface area contributed by atoms with Gasteiger partial charge in [0.1, 0.15) is 6.04 Å². The highest BCUT2D eigenvalue weighted by atomic mass is 16.5. The Hall–Kier alpha value is -2.12. The molecule has 2 aliphatic heterocycles. The monoisotopic (exact) mass is 325 g/mol. The van der Waals surface area contributed by atoms with E-state index in [9.17, 15) is 19.2 Å². The Balaban J connectivity index is 1.69. The number of ether oxygens (including phenoxy) is 1. The largest absolute Gasteiger partial charge is 0.469 e. The van der Waals surface area contributed by atoms with Gasteiger partial charge in [0.2, 0.25) is 17.7 Å². The van der Waals surface area contributed by atoms with Crippen LogP contribution in [-0.2, 0) is 23.9 Å². The molecule has 23 heavy (non-hydrogen) atoms. The van der Waals surface area contributed by atoms with Crippen LogP contribution in [0.25, 0.3) is 0 Å². The summed E-state index contributed by atoms with van der Waals surface area (Å²) in [5, 5.41) is 5.58. The number of nitrogens with zero attached hydrogens (tertiary/aromatic N) is 1. The summed E-state index contributed by atoms with van der Waals surface area (Å²) < 4.78 is 4.52. The Kier molecular flexibility index (Phi) is 5.95. The topological polar surface area (TPSA) is 105 Å². The van der Waals surface area contributed by atoms with Gasteiger partial charge in [0.25, 0.3) is 0 Å². The second kappa shape index (κ2) is 7.94. The van der Waals surface area contributed by atoms with Crippen molar-refractivity contribution in [2.75, 3.05) is 20.2 Å². The maximum Gasteiger partial charge on any atom is 0.306 e. The molecule has 0 saturated carbocycles. The van der Waals surface area contributed by atoms with E-state index in [0.717, 1.165) is 0 Å². The molecule has 1 atom stereocenters. The first-order valence-corrected chi connectivity index (χ1v) is 7.94. The predicted octanol–water partition coefficient (Wildman–Crippen LogP) is -0.675. The minimum Gasteiger partial charge on any atom is -0.469 e. The van der Waals surface area contributed by atoms with Crippen molar-refractivity contribution in [3.8, 4) is 0 Å². The van der Waals surface area contributed by atoms with Gasteiger partial charge in [-0.3, -0.25) is 19.2 Å². The van der Waals surface area contributed by atoms with Gasteiger partial charge >= 0.3 is 5.97 Å². The normalized spacial score (nSPS) is 21.7. The molecule has 1 unspecified atom stereocenters. The van der Waals surface area contributed by atoms with E-state index in [1.165, 1.54) is 7.11 Å².